The summed E-state index contributed by atoms with van der Waals surface area (Å²) in [5.74, 6) is 1.52. The number of aromatic nitrogens is 3. The van der Waals surface area contributed by atoms with Crippen LogP contribution in [0.3, 0.4) is 0 Å². The molecular weight excluding hydrogens is 316 g/mol. The second-order valence-electron chi connectivity index (χ2n) is 7.06. The zero-order chi connectivity index (χ0) is 17.1. The third-order valence-electron chi connectivity index (χ3n) is 5.39. The summed E-state index contributed by atoms with van der Waals surface area (Å²) in [7, 11) is 0. The van der Waals surface area contributed by atoms with Crippen LogP contribution in [0.4, 0.5) is 0 Å². The van der Waals surface area contributed by atoms with Gasteiger partial charge in [-0.1, -0.05) is 19.3 Å². The fourth-order valence-corrected chi connectivity index (χ4v) is 4.02. The first kappa shape index (κ1) is 16.2. The molecule has 6 nitrogen and oxygen atoms in total. The van der Waals surface area contributed by atoms with Crippen LogP contribution in [0.1, 0.15) is 63.3 Å². The van der Waals surface area contributed by atoms with Gasteiger partial charge in [0.15, 0.2) is 0 Å². The van der Waals surface area contributed by atoms with Crippen LogP contribution in [0.15, 0.2) is 28.9 Å². The van der Waals surface area contributed by atoms with Crippen molar-refractivity contribution in [1.82, 2.24) is 20.1 Å². The van der Waals surface area contributed by atoms with Crippen LogP contribution in [0.5, 0.6) is 0 Å². The molecule has 0 spiro atoms. The molecule has 4 rings (SSSR count). The number of amides is 1. The lowest BCUT2D eigenvalue weighted by Crippen LogP contribution is -2.42. The van der Waals surface area contributed by atoms with E-state index in [1.807, 2.05) is 17.0 Å². The molecule has 1 amide bonds. The Morgan fingerprint density at radius 3 is 2.56 bits per heavy atom. The van der Waals surface area contributed by atoms with Crippen LogP contribution in [0.2, 0.25) is 0 Å². The van der Waals surface area contributed by atoms with Crippen molar-refractivity contribution >= 4 is 5.91 Å². The Balaban J connectivity index is 1.55. The Morgan fingerprint density at radius 2 is 1.76 bits per heavy atom. The van der Waals surface area contributed by atoms with Crippen LogP contribution >= 0.6 is 0 Å². The average Bonchev–Trinajstić information content (AvgIpc) is 3.19. The van der Waals surface area contributed by atoms with E-state index in [0.29, 0.717) is 11.8 Å². The Hall–Kier alpha value is -2.24. The van der Waals surface area contributed by atoms with Gasteiger partial charge in [0.05, 0.1) is 0 Å². The molecule has 1 atom stereocenters. The van der Waals surface area contributed by atoms with Crippen molar-refractivity contribution in [2.24, 2.45) is 5.92 Å². The smallest absolute Gasteiger partial charge is 0.247 e. The largest absolute Gasteiger partial charge is 0.418 e. The predicted octanol–water partition coefficient (Wildman–Crippen LogP) is 3.77. The third kappa shape index (κ3) is 3.43. The molecule has 0 bridgehead atoms. The standard InChI is InChI=1S/C19H24N4O2/c24-19(15-6-2-1-3-7-15)23-13-5-4-8-16(23)18-22-21-17(25-18)14-9-11-20-12-10-14/h9-12,15-16H,1-8,13H2. The summed E-state index contributed by atoms with van der Waals surface area (Å²) in [6.45, 7) is 0.799. The number of hydrogen-bond donors (Lipinski definition) is 0. The molecule has 0 N–H and O–H groups in total. The van der Waals surface area contributed by atoms with Crippen LogP contribution in [0, 0.1) is 5.92 Å². The predicted molar refractivity (Wildman–Crippen MR) is 92.4 cm³/mol. The van der Waals surface area contributed by atoms with Crippen molar-refractivity contribution in [1.29, 1.82) is 0 Å². The first-order valence-electron chi connectivity index (χ1n) is 9.37. The molecule has 1 aliphatic carbocycles. The molecule has 2 aromatic rings. The van der Waals surface area contributed by atoms with Gasteiger partial charge in [-0.15, -0.1) is 10.2 Å². The minimum Gasteiger partial charge on any atom is -0.418 e. The Bertz CT molecular complexity index is 709. The number of rotatable bonds is 3. The zero-order valence-corrected chi connectivity index (χ0v) is 14.4. The van der Waals surface area contributed by atoms with E-state index in [0.717, 1.165) is 44.2 Å². The molecule has 1 unspecified atom stereocenters. The van der Waals surface area contributed by atoms with Gasteiger partial charge in [0.25, 0.3) is 0 Å². The first-order valence-corrected chi connectivity index (χ1v) is 9.37. The maximum absolute atomic E-state index is 13.0. The molecule has 6 heteroatoms. The van der Waals surface area contributed by atoms with E-state index < -0.39 is 0 Å². The highest BCUT2D eigenvalue weighted by atomic mass is 16.4. The maximum Gasteiger partial charge on any atom is 0.247 e. The zero-order valence-electron chi connectivity index (χ0n) is 14.4. The highest BCUT2D eigenvalue weighted by Gasteiger charge is 2.35. The second-order valence-corrected chi connectivity index (χ2v) is 7.06. The van der Waals surface area contributed by atoms with E-state index in [1.54, 1.807) is 12.4 Å². The van der Waals surface area contributed by atoms with Gasteiger partial charge >= 0.3 is 0 Å². The van der Waals surface area contributed by atoms with Gasteiger partial charge in [0, 0.05) is 30.4 Å². The Labute approximate surface area is 147 Å². The molecule has 0 radical (unpaired) electrons. The van der Waals surface area contributed by atoms with Crippen molar-refractivity contribution in [3.63, 3.8) is 0 Å². The molecule has 25 heavy (non-hydrogen) atoms. The number of pyridine rings is 1. The summed E-state index contributed by atoms with van der Waals surface area (Å²) in [5.41, 5.74) is 0.856. The van der Waals surface area contributed by atoms with E-state index in [9.17, 15) is 4.79 Å². The monoisotopic (exact) mass is 340 g/mol. The van der Waals surface area contributed by atoms with Gasteiger partial charge < -0.3 is 9.32 Å². The fraction of sp³-hybridized carbons (Fsp3) is 0.579. The molecule has 2 aromatic heterocycles. The molecule has 3 heterocycles. The van der Waals surface area contributed by atoms with E-state index in [-0.39, 0.29) is 17.9 Å². The van der Waals surface area contributed by atoms with E-state index in [4.69, 9.17) is 4.42 Å². The van der Waals surface area contributed by atoms with Crippen LogP contribution in [-0.2, 0) is 4.79 Å². The number of carbonyl (C=O) groups excluding carboxylic acids is 1. The highest BCUT2D eigenvalue weighted by molar-refractivity contribution is 5.79. The Kier molecular flexibility index (Phi) is 4.76. The third-order valence-corrected chi connectivity index (χ3v) is 5.39. The number of hydrogen-bond acceptors (Lipinski definition) is 5. The van der Waals surface area contributed by atoms with Crippen molar-refractivity contribution in [2.75, 3.05) is 6.54 Å². The number of nitrogens with zero attached hydrogens (tertiary/aromatic N) is 4. The lowest BCUT2D eigenvalue weighted by molar-refractivity contribution is -0.141. The topological polar surface area (TPSA) is 72.1 Å². The van der Waals surface area contributed by atoms with Crippen molar-refractivity contribution < 1.29 is 9.21 Å². The van der Waals surface area contributed by atoms with E-state index >= 15 is 0 Å². The molecule has 1 saturated carbocycles. The summed E-state index contributed by atoms with van der Waals surface area (Å²) in [6.07, 6.45) is 12.1. The number of likely N-dealkylation sites (tertiary alicyclic amines) is 1. The summed E-state index contributed by atoms with van der Waals surface area (Å²) in [5, 5.41) is 8.45. The van der Waals surface area contributed by atoms with Crippen molar-refractivity contribution in [3.05, 3.63) is 30.4 Å². The minimum atomic E-state index is -0.0775. The van der Waals surface area contributed by atoms with Crippen LogP contribution < -0.4 is 0 Å². The molecule has 1 aliphatic heterocycles. The fourth-order valence-electron chi connectivity index (χ4n) is 4.02. The highest BCUT2D eigenvalue weighted by Crippen LogP contribution is 2.35. The van der Waals surface area contributed by atoms with Gasteiger partial charge in [-0.25, -0.2) is 0 Å². The van der Waals surface area contributed by atoms with Gasteiger partial charge in [0.1, 0.15) is 6.04 Å². The van der Waals surface area contributed by atoms with Crippen molar-refractivity contribution in [3.8, 4) is 11.5 Å². The lowest BCUT2D eigenvalue weighted by atomic mass is 9.87. The summed E-state index contributed by atoms with van der Waals surface area (Å²) < 4.78 is 5.93. The average molecular weight is 340 g/mol. The minimum absolute atomic E-state index is 0.0775. The number of carbonyl (C=O) groups is 1. The van der Waals surface area contributed by atoms with E-state index in [2.05, 4.69) is 15.2 Å². The van der Waals surface area contributed by atoms with Gasteiger partial charge in [0.2, 0.25) is 17.7 Å². The number of piperidine rings is 1. The van der Waals surface area contributed by atoms with E-state index in [1.165, 1.54) is 19.3 Å². The summed E-state index contributed by atoms with van der Waals surface area (Å²) >= 11 is 0. The maximum atomic E-state index is 13.0. The van der Waals surface area contributed by atoms with Crippen molar-refractivity contribution in [2.45, 2.75) is 57.4 Å². The van der Waals surface area contributed by atoms with Crippen LogP contribution in [0.25, 0.3) is 11.5 Å². The molecule has 0 aromatic carbocycles. The van der Waals surface area contributed by atoms with Crippen LogP contribution in [-0.4, -0.2) is 32.5 Å². The molecule has 2 fully saturated rings. The molecule has 1 saturated heterocycles. The second kappa shape index (κ2) is 7.33. The van der Waals surface area contributed by atoms with Gasteiger partial charge in [-0.3, -0.25) is 9.78 Å². The Morgan fingerprint density at radius 1 is 1.00 bits per heavy atom. The molecule has 2 aliphatic rings. The SMILES string of the molecule is O=C(C1CCCCC1)N1CCCCC1c1nnc(-c2ccncc2)o1. The summed E-state index contributed by atoms with van der Waals surface area (Å²) in [6, 6.07) is 3.62. The summed E-state index contributed by atoms with van der Waals surface area (Å²) in [4.78, 5) is 19.1. The first-order chi connectivity index (χ1) is 12.3. The quantitative estimate of drug-likeness (QED) is 0.850. The van der Waals surface area contributed by atoms with Gasteiger partial charge in [-0.05, 0) is 44.2 Å². The molecular formula is C19H24N4O2. The lowest BCUT2D eigenvalue weighted by Gasteiger charge is -2.36. The normalized spacial score (nSPS) is 22.1. The van der Waals surface area contributed by atoms with Gasteiger partial charge in [-0.2, -0.15) is 0 Å². The molecule has 132 valence electrons.